The molecule has 1 fully saturated rings. The monoisotopic (exact) mass is 415 g/mol. The lowest BCUT2D eigenvalue weighted by molar-refractivity contribution is -0.130. The van der Waals surface area contributed by atoms with Crippen LogP contribution in [0.4, 0.5) is 5.69 Å². The van der Waals surface area contributed by atoms with Crippen molar-refractivity contribution in [2.75, 3.05) is 13.6 Å². The van der Waals surface area contributed by atoms with Gasteiger partial charge in [0.15, 0.2) is 5.17 Å². The molecule has 2 aromatic carbocycles. The predicted molar refractivity (Wildman–Crippen MR) is 115 cm³/mol. The highest BCUT2D eigenvalue weighted by Crippen LogP contribution is 2.30. The fourth-order valence-electron chi connectivity index (χ4n) is 2.96. The summed E-state index contributed by atoms with van der Waals surface area (Å²) >= 11 is 7.38. The summed E-state index contributed by atoms with van der Waals surface area (Å²) in [6.07, 6.45) is 1.86. The number of rotatable bonds is 6. The van der Waals surface area contributed by atoms with Crippen LogP contribution in [0, 0.1) is 0 Å². The van der Waals surface area contributed by atoms with Gasteiger partial charge in [0.05, 0.1) is 10.9 Å². The lowest BCUT2D eigenvalue weighted by Crippen LogP contribution is -2.46. The molecule has 0 aromatic heterocycles. The van der Waals surface area contributed by atoms with E-state index in [2.05, 4.69) is 22.4 Å². The Hall–Kier alpha value is -2.31. The van der Waals surface area contributed by atoms with Crippen LogP contribution in [0.1, 0.15) is 18.4 Å². The van der Waals surface area contributed by atoms with Crippen molar-refractivity contribution in [2.45, 2.75) is 24.5 Å². The largest absolute Gasteiger partial charge is 0.358 e. The van der Waals surface area contributed by atoms with Crippen LogP contribution in [-0.2, 0) is 16.0 Å². The smallest absolute Gasteiger partial charge is 0.233 e. The van der Waals surface area contributed by atoms with Gasteiger partial charge in [-0.25, -0.2) is 4.99 Å². The highest BCUT2D eigenvalue weighted by Gasteiger charge is 2.35. The topological polar surface area (TPSA) is 61.8 Å². The van der Waals surface area contributed by atoms with Crippen molar-refractivity contribution < 1.29 is 9.59 Å². The molecule has 28 heavy (non-hydrogen) atoms. The summed E-state index contributed by atoms with van der Waals surface area (Å²) in [4.78, 5) is 31.2. The average Bonchev–Trinajstić information content (AvgIpc) is 2.70. The van der Waals surface area contributed by atoms with Crippen LogP contribution in [-0.4, -0.2) is 40.7 Å². The first-order chi connectivity index (χ1) is 13.6. The number of aryl methyl sites for hydroxylation is 1. The zero-order chi connectivity index (χ0) is 19.9. The van der Waals surface area contributed by atoms with Gasteiger partial charge < -0.3 is 5.32 Å². The third kappa shape index (κ3) is 5.36. The number of amidine groups is 1. The van der Waals surface area contributed by atoms with Crippen LogP contribution in [0.15, 0.2) is 59.6 Å². The molecule has 1 heterocycles. The highest BCUT2D eigenvalue weighted by molar-refractivity contribution is 8.15. The van der Waals surface area contributed by atoms with Crippen molar-refractivity contribution >= 4 is 46.0 Å². The van der Waals surface area contributed by atoms with E-state index in [9.17, 15) is 9.59 Å². The highest BCUT2D eigenvalue weighted by atomic mass is 35.5. The van der Waals surface area contributed by atoms with Gasteiger partial charge in [-0.05, 0) is 36.6 Å². The molecule has 2 aromatic rings. The lowest BCUT2D eigenvalue weighted by atomic mass is 10.1. The van der Waals surface area contributed by atoms with E-state index >= 15 is 0 Å². The van der Waals surface area contributed by atoms with E-state index < -0.39 is 5.25 Å². The Balaban J connectivity index is 1.78. The Morgan fingerprint density at radius 3 is 2.75 bits per heavy atom. The molecule has 0 radical (unpaired) electrons. The molecule has 1 N–H and O–H groups in total. The Morgan fingerprint density at radius 1 is 1.25 bits per heavy atom. The van der Waals surface area contributed by atoms with Gasteiger partial charge in [0, 0.05) is 25.0 Å². The average molecular weight is 416 g/mol. The van der Waals surface area contributed by atoms with Crippen LogP contribution in [0.2, 0.25) is 5.02 Å². The molecule has 1 atom stereocenters. The van der Waals surface area contributed by atoms with Gasteiger partial charge in [0.1, 0.15) is 0 Å². The van der Waals surface area contributed by atoms with Gasteiger partial charge in [-0.3, -0.25) is 14.5 Å². The number of aliphatic imine (C=N–C) groups is 1. The van der Waals surface area contributed by atoms with Crippen LogP contribution in [0.5, 0.6) is 0 Å². The Morgan fingerprint density at radius 2 is 2.04 bits per heavy atom. The molecule has 1 aliphatic rings. The summed E-state index contributed by atoms with van der Waals surface area (Å²) in [5.41, 5.74) is 1.89. The number of nitrogens with zero attached hydrogens (tertiary/aromatic N) is 2. The summed E-state index contributed by atoms with van der Waals surface area (Å²) in [6.45, 7) is 0.556. The molecular weight excluding hydrogens is 394 g/mol. The van der Waals surface area contributed by atoms with Crippen LogP contribution < -0.4 is 5.32 Å². The Labute approximate surface area is 174 Å². The van der Waals surface area contributed by atoms with Gasteiger partial charge in [-0.2, -0.15) is 0 Å². The molecule has 7 heteroatoms. The molecule has 0 aliphatic carbocycles. The minimum atomic E-state index is -0.471. The van der Waals surface area contributed by atoms with Crippen LogP contribution in [0.3, 0.4) is 0 Å². The third-order valence-electron chi connectivity index (χ3n) is 4.40. The van der Waals surface area contributed by atoms with Crippen molar-refractivity contribution in [3.05, 3.63) is 65.2 Å². The standard InChI is InChI=1S/C21H22ClN3O2S/c1-23-20(27)18-14-19(26)25(12-6-9-15-7-3-2-4-8-15)21(28-18)24-17-11-5-10-16(22)13-17/h2-5,7-8,10-11,13,18H,6,9,12,14H2,1H3,(H,23,27). The third-order valence-corrected chi connectivity index (χ3v) is 5.82. The minimum Gasteiger partial charge on any atom is -0.358 e. The van der Waals surface area contributed by atoms with Gasteiger partial charge in [-0.15, -0.1) is 0 Å². The zero-order valence-electron chi connectivity index (χ0n) is 15.6. The molecule has 5 nitrogen and oxygen atoms in total. The molecule has 0 spiro atoms. The second-order valence-corrected chi connectivity index (χ2v) is 8.04. The van der Waals surface area contributed by atoms with Gasteiger partial charge in [-0.1, -0.05) is 59.8 Å². The van der Waals surface area contributed by atoms with E-state index in [0.29, 0.717) is 22.4 Å². The summed E-state index contributed by atoms with van der Waals surface area (Å²) in [5.74, 6) is -0.248. The molecule has 3 rings (SSSR count). The van der Waals surface area contributed by atoms with E-state index in [4.69, 9.17) is 11.6 Å². The van der Waals surface area contributed by atoms with Crippen molar-refractivity contribution in [1.29, 1.82) is 0 Å². The molecule has 1 saturated heterocycles. The Kier molecular flexibility index (Phi) is 7.12. The second-order valence-electron chi connectivity index (χ2n) is 6.43. The van der Waals surface area contributed by atoms with Crippen LogP contribution >= 0.6 is 23.4 Å². The fourth-order valence-corrected chi connectivity index (χ4v) is 4.33. The molecule has 2 amide bonds. The van der Waals surface area contributed by atoms with E-state index in [1.807, 2.05) is 30.3 Å². The van der Waals surface area contributed by atoms with E-state index in [1.165, 1.54) is 17.3 Å². The van der Waals surface area contributed by atoms with E-state index in [-0.39, 0.29) is 18.2 Å². The number of nitrogens with one attached hydrogen (secondary N) is 1. The first kappa shape index (κ1) is 20.4. The number of hydrogen-bond acceptors (Lipinski definition) is 4. The maximum atomic E-state index is 12.8. The normalized spacial score (nSPS) is 18.4. The van der Waals surface area contributed by atoms with Crippen molar-refractivity contribution in [3.8, 4) is 0 Å². The number of hydrogen-bond donors (Lipinski definition) is 1. The number of carbonyl (C=O) groups excluding carboxylic acids is 2. The maximum absolute atomic E-state index is 12.8. The minimum absolute atomic E-state index is 0.0822. The number of amides is 2. The first-order valence-corrected chi connectivity index (χ1v) is 10.4. The quantitative estimate of drug-likeness (QED) is 0.774. The summed E-state index contributed by atoms with van der Waals surface area (Å²) in [5, 5.41) is 3.27. The molecular formula is C21H22ClN3O2S. The molecule has 1 unspecified atom stereocenters. The van der Waals surface area contributed by atoms with Gasteiger partial charge in [0.2, 0.25) is 11.8 Å². The van der Waals surface area contributed by atoms with Crippen molar-refractivity contribution in [2.24, 2.45) is 4.99 Å². The molecule has 0 saturated carbocycles. The molecule has 0 bridgehead atoms. The number of carbonyl (C=O) groups is 2. The SMILES string of the molecule is CNC(=O)C1CC(=O)N(CCCc2ccccc2)C(=Nc2cccc(Cl)c2)S1. The van der Waals surface area contributed by atoms with Gasteiger partial charge >= 0.3 is 0 Å². The summed E-state index contributed by atoms with van der Waals surface area (Å²) in [6, 6.07) is 17.3. The predicted octanol–water partition coefficient (Wildman–Crippen LogP) is 4.04. The first-order valence-electron chi connectivity index (χ1n) is 9.13. The summed E-state index contributed by atoms with van der Waals surface area (Å²) < 4.78 is 0. The molecule has 146 valence electrons. The lowest BCUT2D eigenvalue weighted by Gasteiger charge is -2.31. The maximum Gasteiger partial charge on any atom is 0.233 e. The summed E-state index contributed by atoms with van der Waals surface area (Å²) in [7, 11) is 1.58. The fraction of sp³-hybridized carbons (Fsp3) is 0.286. The number of halogens is 1. The van der Waals surface area contributed by atoms with E-state index in [1.54, 1.807) is 24.1 Å². The van der Waals surface area contributed by atoms with Gasteiger partial charge in [0.25, 0.3) is 0 Å². The van der Waals surface area contributed by atoms with E-state index in [0.717, 1.165) is 12.8 Å². The number of benzene rings is 2. The second kappa shape index (κ2) is 9.75. The van der Waals surface area contributed by atoms with Crippen molar-refractivity contribution in [3.63, 3.8) is 0 Å². The van der Waals surface area contributed by atoms with Crippen LogP contribution in [0.25, 0.3) is 0 Å². The Bertz CT molecular complexity index is 873. The molecule has 1 aliphatic heterocycles. The van der Waals surface area contributed by atoms with Crippen molar-refractivity contribution in [1.82, 2.24) is 10.2 Å². The number of thioether (sulfide) groups is 1. The zero-order valence-corrected chi connectivity index (χ0v) is 17.2.